The molecule has 1 unspecified atom stereocenters. The fourth-order valence-corrected chi connectivity index (χ4v) is 3.14. The van der Waals surface area contributed by atoms with Gasteiger partial charge < -0.3 is 20.2 Å². The number of rotatable bonds is 2. The third-order valence-corrected chi connectivity index (χ3v) is 4.33. The van der Waals surface area contributed by atoms with E-state index in [1.807, 2.05) is 4.90 Å². The molecule has 2 heterocycles. The number of hydrogen-bond acceptors (Lipinski definition) is 3. The van der Waals surface area contributed by atoms with Crippen LogP contribution in [0.1, 0.15) is 25.7 Å². The molecule has 120 valence electrons. The minimum Gasteiger partial charge on any atom is -0.391 e. The summed E-state index contributed by atoms with van der Waals surface area (Å²) in [4.78, 5) is 15.7. The topological polar surface area (TPSA) is 55.8 Å². The Bertz CT molecular complexity index is 546. The van der Waals surface area contributed by atoms with Gasteiger partial charge in [0.05, 0.1) is 11.8 Å². The van der Waals surface area contributed by atoms with E-state index in [2.05, 4.69) is 5.32 Å². The van der Waals surface area contributed by atoms with Crippen LogP contribution >= 0.6 is 0 Å². The molecule has 0 spiro atoms. The van der Waals surface area contributed by atoms with Crippen LogP contribution in [0.15, 0.2) is 18.2 Å². The highest BCUT2D eigenvalue weighted by Gasteiger charge is 2.22. The summed E-state index contributed by atoms with van der Waals surface area (Å²) in [5, 5.41) is 12.3. The van der Waals surface area contributed by atoms with E-state index in [9.17, 15) is 14.3 Å². The summed E-state index contributed by atoms with van der Waals surface area (Å²) in [7, 11) is 0. The van der Waals surface area contributed by atoms with Crippen LogP contribution in [-0.4, -0.2) is 48.3 Å². The summed E-state index contributed by atoms with van der Waals surface area (Å²) in [6, 6.07) is 4.54. The number of carbonyl (C=O) groups excluding carboxylic acids is 1. The first-order chi connectivity index (χ1) is 10.6. The van der Waals surface area contributed by atoms with Crippen LogP contribution in [0.4, 0.5) is 20.6 Å². The number of β-amino-alcohol motifs (C(OH)–C–C–N with tert-alkyl or cyclic N) is 1. The summed E-state index contributed by atoms with van der Waals surface area (Å²) in [5.74, 6) is -0.307. The second-order valence-electron chi connectivity index (χ2n) is 6.03. The number of hydrogen-bond donors (Lipinski definition) is 2. The molecule has 2 amide bonds. The van der Waals surface area contributed by atoms with E-state index < -0.39 is 6.10 Å². The Balaban J connectivity index is 1.65. The van der Waals surface area contributed by atoms with Gasteiger partial charge in [0.2, 0.25) is 0 Å². The molecule has 0 aromatic heterocycles. The zero-order chi connectivity index (χ0) is 15.5. The van der Waals surface area contributed by atoms with Gasteiger partial charge in [-0.15, -0.1) is 0 Å². The standard InChI is InChI=1S/C16H22FN3O2/c17-14-10-12(5-6-15(14)19-7-1-2-8-19)18-16(22)20-9-3-4-13(21)11-20/h5-6,10,13,21H,1-4,7-9,11H2,(H,18,22). The van der Waals surface area contributed by atoms with Crippen LogP contribution in [-0.2, 0) is 0 Å². The molecule has 1 aromatic carbocycles. The van der Waals surface area contributed by atoms with E-state index in [0.29, 0.717) is 24.5 Å². The summed E-state index contributed by atoms with van der Waals surface area (Å²) in [6.45, 7) is 2.72. The predicted octanol–water partition coefficient (Wildman–Crippen LogP) is 2.41. The van der Waals surface area contributed by atoms with Crippen LogP contribution < -0.4 is 10.2 Å². The molecule has 2 aliphatic heterocycles. The first-order valence-electron chi connectivity index (χ1n) is 7.92. The fourth-order valence-electron chi connectivity index (χ4n) is 3.14. The van der Waals surface area contributed by atoms with Crippen molar-refractivity contribution in [1.82, 2.24) is 4.90 Å². The molecule has 0 bridgehead atoms. The monoisotopic (exact) mass is 307 g/mol. The van der Waals surface area contributed by atoms with Gasteiger partial charge in [0.1, 0.15) is 5.82 Å². The van der Waals surface area contributed by atoms with Crippen LogP contribution in [0.5, 0.6) is 0 Å². The molecule has 2 fully saturated rings. The Labute approximate surface area is 129 Å². The van der Waals surface area contributed by atoms with E-state index >= 15 is 0 Å². The number of anilines is 2. The SMILES string of the molecule is O=C(Nc1ccc(N2CCCC2)c(F)c1)N1CCCC(O)C1. The van der Waals surface area contributed by atoms with Gasteiger partial charge in [-0.05, 0) is 43.9 Å². The summed E-state index contributed by atoms with van der Waals surface area (Å²) >= 11 is 0. The molecular weight excluding hydrogens is 285 g/mol. The highest BCUT2D eigenvalue weighted by atomic mass is 19.1. The summed E-state index contributed by atoms with van der Waals surface area (Å²) in [5.41, 5.74) is 1.05. The highest BCUT2D eigenvalue weighted by molar-refractivity contribution is 5.89. The van der Waals surface area contributed by atoms with Gasteiger partial charge in [-0.25, -0.2) is 9.18 Å². The van der Waals surface area contributed by atoms with E-state index in [4.69, 9.17) is 0 Å². The zero-order valence-corrected chi connectivity index (χ0v) is 12.6. The lowest BCUT2D eigenvalue weighted by Gasteiger charge is -2.30. The van der Waals surface area contributed by atoms with Gasteiger partial charge in [-0.1, -0.05) is 0 Å². The van der Waals surface area contributed by atoms with Gasteiger partial charge in [0.15, 0.2) is 0 Å². The predicted molar refractivity (Wildman–Crippen MR) is 83.7 cm³/mol. The van der Waals surface area contributed by atoms with Crippen LogP contribution in [0.25, 0.3) is 0 Å². The van der Waals surface area contributed by atoms with Crippen molar-refractivity contribution in [2.24, 2.45) is 0 Å². The Kier molecular flexibility index (Phi) is 4.47. The number of halogens is 1. The number of carbonyl (C=O) groups is 1. The largest absolute Gasteiger partial charge is 0.391 e. The van der Waals surface area contributed by atoms with Crippen molar-refractivity contribution in [3.8, 4) is 0 Å². The van der Waals surface area contributed by atoms with Gasteiger partial charge in [-0.2, -0.15) is 0 Å². The normalized spacial score (nSPS) is 22.0. The van der Waals surface area contributed by atoms with Crippen molar-refractivity contribution in [2.45, 2.75) is 31.8 Å². The molecule has 6 heteroatoms. The molecule has 2 N–H and O–H groups in total. The van der Waals surface area contributed by atoms with Crippen LogP contribution in [0.3, 0.4) is 0 Å². The summed E-state index contributed by atoms with van der Waals surface area (Å²) in [6.07, 6.45) is 3.23. The molecule has 0 radical (unpaired) electrons. The van der Waals surface area contributed by atoms with Crippen molar-refractivity contribution >= 4 is 17.4 Å². The number of urea groups is 1. The molecule has 3 rings (SSSR count). The fraction of sp³-hybridized carbons (Fsp3) is 0.562. The Hall–Kier alpha value is -1.82. The molecule has 22 heavy (non-hydrogen) atoms. The van der Waals surface area contributed by atoms with Gasteiger partial charge in [0.25, 0.3) is 0 Å². The van der Waals surface area contributed by atoms with Crippen molar-refractivity contribution < 1.29 is 14.3 Å². The maximum absolute atomic E-state index is 14.2. The third kappa shape index (κ3) is 3.32. The minimum atomic E-state index is -0.464. The van der Waals surface area contributed by atoms with Crippen molar-refractivity contribution in [3.05, 3.63) is 24.0 Å². The maximum Gasteiger partial charge on any atom is 0.321 e. The van der Waals surface area contributed by atoms with Gasteiger partial charge in [-0.3, -0.25) is 0 Å². The lowest BCUT2D eigenvalue weighted by molar-refractivity contribution is 0.0883. The molecular formula is C16H22FN3O2. The highest BCUT2D eigenvalue weighted by Crippen LogP contribution is 2.26. The average Bonchev–Trinajstić information content (AvgIpc) is 3.01. The summed E-state index contributed by atoms with van der Waals surface area (Å²) < 4.78 is 14.2. The molecule has 2 aliphatic rings. The Morgan fingerprint density at radius 3 is 2.68 bits per heavy atom. The second kappa shape index (κ2) is 6.52. The number of amides is 2. The first kappa shape index (κ1) is 15.1. The number of aliphatic hydroxyl groups is 1. The quantitative estimate of drug-likeness (QED) is 0.882. The third-order valence-electron chi connectivity index (χ3n) is 4.33. The minimum absolute atomic E-state index is 0.285. The van der Waals surface area contributed by atoms with Crippen LogP contribution in [0, 0.1) is 5.82 Å². The number of nitrogens with zero attached hydrogens (tertiary/aromatic N) is 2. The molecule has 1 atom stereocenters. The number of aliphatic hydroxyl groups excluding tert-OH is 1. The van der Waals surface area contributed by atoms with Crippen LogP contribution in [0.2, 0.25) is 0 Å². The zero-order valence-electron chi connectivity index (χ0n) is 12.6. The molecule has 5 nitrogen and oxygen atoms in total. The number of likely N-dealkylation sites (tertiary alicyclic amines) is 1. The van der Waals surface area contributed by atoms with Crippen molar-refractivity contribution in [1.29, 1.82) is 0 Å². The van der Waals surface area contributed by atoms with Crippen molar-refractivity contribution in [2.75, 3.05) is 36.4 Å². The molecule has 2 saturated heterocycles. The number of piperidine rings is 1. The maximum atomic E-state index is 14.2. The second-order valence-corrected chi connectivity index (χ2v) is 6.03. The number of benzene rings is 1. The first-order valence-corrected chi connectivity index (χ1v) is 7.92. The average molecular weight is 307 g/mol. The van der Waals surface area contributed by atoms with E-state index in [1.54, 1.807) is 17.0 Å². The van der Waals surface area contributed by atoms with E-state index in [1.165, 1.54) is 6.07 Å². The van der Waals surface area contributed by atoms with Gasteiger partial charge in [0, 0.05) is 31.9 Å². The number of nitrogens with one attached hydrogen (secondary N) is 1. The van der Waals surface area contributed by atoms with E-state index in [-0.39, 0.29) is 11.8 Å². The Morgan fingerprint density at radius 2 is 2.00 bits per heavy atom. The van der Waals surface area contributed by atoms with E-state index in [0.717, 1.165) is 38.8 Å². The lowest BCUT2D eigenvalue weighted by Crippen LogP contribution is -2.44. The molecule has 0 saturated carbocycles. The Morgan fingerprint density at radius 1 is 1.23 bits per heavy atom. The molecule has 1 aromatic rings. The van der Waals surface area contributed by atoms with Crippen molar-refractivity contribution in [3.63, 3.8) is 0 Å². The lowest BCUT2D eigenvalue weighted by atomic mass is 10.1. The van der Waals surface area contributed by atoms with Gasteiger partial charge >= 0.3 is 6.03 Å². The smallest absolute Gasteiger partial charge is 0.321 e. The molecule has 0 aliphatic carbocycles.